The van der Waals surface area contributed by atoms with E-state index >= 15 is 0 Å². The van der Waals surface area contributed by atoms with E-state index < -0.39 is 0 Å². The van der Waals surface area contributed by atoms with Gasteiger partial charge in [-0.1, -0.05) is 13.0 Å². The van der Waals surface area contributed by atoms with Crippen LogP contribution in [0.15, 0.2) is 18.2 Å². The highest BCUT2D eigenvalue weighted by atomic mass is 19.1. The highest BCUT2D eigenvalue weighted by Crippen LogP contribution is 2.38. The van der Waals surface area contributed by atoms with Gasteiger partial charge in [0.25, 0.3) is 0 Å². The lowest BCUT2D eigenvalue weighted by Crippen LogP contribution is -2.20. The van der Waals surface area contributed by atoms with Crippen molar-refractivity contribution >= 4 is 0 Å². The average molecular weight is 193 g/mol. The van der Waals surface area contributed by atoms with Crippen LogP contribution < -0.4 is 5.73 Å². The first kappa shape index (κ1) is 9.66. The molecule has 76 valence electrons. The number of nitrogens with two attached hydrogens (primary N) is 1. The SMILES string of the molecule is CC1CCC(CN)c2cc(F)ccc21. The fourth-order valence-electron chi connectivity index (χ4n) is 2.35. The van der Waals surface area contributed by atoms with Crippen LogP contribution in [-0.2, 0) is 0 Å². The average Bonchev–Trinajstić information content (AvgIpc) is 2.18. The van der Waals surface area contributed by atoms with Crippen molar-refractivity contribution in [2.45, 2.75) is 31.6 Å². The number of benzene rings is 1. The number of hydrogen-bond donors (Lipinski definition) is 1. The summed E-state index contributed by atoms with van der Waals surface area (Å²) in [5.41, 5.74) is 8.11. The van der Waals surface area contributed by atoms with E-state index in [2.05, 4.69) is 6.92 Å². The van der Waals surface area contributed by atoms with Crippen LogP contribution in [0.2, 0.25) is 0 Å². The van der Waals surface area contributed by atoms with Crippen LogP contribution in [-0.4, -0.2) is 6.54 Å². The van der Waals surface area contributed by atoms with Gasteiger partial charge in [0.2, 0.25) is 0 Å². The van der Waals surface area contributed by atoms with Crippen LogP contribution >= 0.6 is 0 Å². The molecular weight excluding hydrogens is 177 g/mol. The molecule has 14 heavy (non-hydrogen) atoms. The van der Waals surface area contributed by atoms with Crippen molar-refractivity contribution in [2.24, 2.45) is 5.73 Å². The molecule has 0 radical (unpaired) electrons. The van der Waals surface area contributed by atoms with Crippen molar-refractivity contribution in [1.82, 2.24) is 0 Å². The second kappa shape index (κ2) is 3.70. The summed E-state index contributed by atoms with van der Waals surface area (Å²) in [6, 6.07) is 5.12. The lowest BCUT2D eigenvalue weighted by atomic mass is 9.77. The molecule has 1 aromatic carbocycles. The monoisotopic (exact) mass is 193 g/mol. The zero-order valence-corrected chi connectivity index (χ0v) is 8.46. The normalized spacial score (nSPS) is 25.9. The molecule has 0 saturated heterocycles. The van der Waals surface area contributed by atoms with Gasteiger partial charge in [0.15, 0.2) is 0 Å². The van der Waals surface area contributed by atoms with Crippen molar-refractivity contribution < 1.29 is 4.39 Å². The van der Waals surface area contributed by atoms with Gasteiger partial charge in [-0.25, -0.2) is 4.39 Å². The molecule has 1 nitrogen and oxygen atoms in total. The molecule has 2 rings (SSSR count). The van der Waals surface area contributed by atoms with Crippen molar-refractivity contribution in [3.05, 3.63) is 35.1 Å². The molecule has 0 saturated carbocycles. The third kappa shape index (κ3) is 1.55. The van der Waals surface area contributed by atoms with Crippen LogP contribution in [0.5, 0.6) is 0 Å². The molecule has 2 N–H and O–H groups in total. The largest absolute Gasteiger partial charge is 0.330 e. The number of fused-ring (bicyclic) bond motifs is 1. The van der Waals surface area contributed by atoms with Gasteiger partial charge in [-0.05, 0) is 54.5 Å². The molecule has 0 heterocycles. The maximum Gasteiger partial charge on any atom is 0.123 e. The minimum absolute atomic E-state index is 0.142. The van der Waals surface area contributed by atoms with Crippen LogP contribution in [0.1, 0.15) is 42.7 Å². The summed E-state index contributed by atoms with van der Waals surface area (Å²) in [4.78, 5) is 0. The summed E-state index contributed by atoms with van der Waals surface area (Å²) in [6.45, 7) is 2.83. The molecule has 0 amide bonds. The molecule has 0 bridgehead atoms. The van der Waals surface area contributed by atoms with Crippen LogP contribution in [0.3, 0.4) is 0 Å². The van der Waals surface area contributed by atoms with Crippen LogP contribution in [0.25, 0.3) is 0 Å². The van der Waals surface area contributed by atoms with Crippen LogP contribution in [0, 0.1) is 5.82 Å². The van der Waals surface area contributed by atoms with Gasteiger partial charge in [0.1, 0.15) is 5.82 Å². The standard InChI is InChI=1S/C12H16FN/c1-8-2-3-9(7-14)12-6-10(13)4-5-11(8)12/h4-6,8-9H,2-3,7,14H2,1H3. The van der Waals surface area contributed by atoms with E-state index in [9.17, 15) is 4.39 Å². The Morgan fingerprint density at radius 3 is 2.86 bits per heavy atom. The summed E-state index contributed by atoms with van der Waals surface area (Å²) in [6.07, 6.45) is 2.26. The fourth-order valence-corrected chi connectivity index (χ4v) is 2.35. The number of halogens is 1. The molecule has 1 aliphatic rings. The first-order chi connectivity index (χ1) is 6.72. The van der Waals surface area contributed by atoms with E-state index in [0.717, 1.165) is 12.0 Å². The first-order valence-corrected chi connectivity index (χ1v) is 5.21. The summed E-state index contributed by atoms with van der Waals surface area (Å²) in [5.74, 6) is 0.765. The Hall–Kier alpha value is -0.890. The first-order valence-electron chi connectivity index (χ1n) is 5.21. The highest BCUT2D eigenvalue weighted by molar-refractivity contribution is 5.36. The summed E-state index contributed by atoms with van der Waals surface area (Å²) >= 11 is 0. The smallest absolute Gasteiger partial charge is 0.123 e. The lowest BCUT2D eigenvalue weighted by Gasteiger charge is -2.28. The Morgan fingerprint density at radius 1 is 1.36 bits per heavy atom. The Morgan fingerprint density at radius 2 is 2.14 bits per heavy atom. The van der Waals surface area contributed by atoms with Crippen molar-refractivity contribution in [1.29, 1.82) is 0 Å². The quantitative estimate of drug-likeness (QED) is 0.729. The number of rotatable bonds is 1. The Labute approximate surface area is 84.1 Å². The van der Waals surface area contributed by atoms with Crippen molar-refractivity contribution in [2.75, 3.05) is 6.54 Å². The minimum Gasteiger partial charge on any atom is -0.330 e. The molecule has 1 aromatic rings. The summed E-state index contributed by atoms with van der Waals surface area (Å²) in [7, 11) is 0. The van der Waals surface area contributed by atoms with Gasteiger partial charge in [-0.2, -0.15) is 0 Å². The summed E-state index contributed by atoms with van der Waals surface area (Å²) < 4.78 is 13.1. The second-order valence-corrected chi connectivity index (χ2v) is 4.18. The molecule has 0 fully saturated rings. The molecule has 2 heteroatoms. The minimum atomic E-state index is -0.142. The third-order valence-corrected chi connectivity index (χ3v) is 3.25. The van der Waals surface area contributed by atoms with E-state index in [1.807, 2.05) is 6.07 Å². The molecule has 2 atom stereocenters. The molecule has 0 spiro atoms. The van der Waals surface area contributed by atoms with E-state index in [1.54, 1.807) is 12.1 Å². The van der Waals surface area contributed by atoms with Crippen molar-refractivity contribution in [3.63, 3.8) is 0 Å². The zero-order chi connectivity index (χ0) is 10.1. The summed E-state index contributed by atoms with van der Waals surface area (Å²) in [5, 5.41) is 0. The maximum atomic E-state index is 13.1. The van der Waals surface area contributed by atoms with Crippen molar-refractivity contribution in [3.8, 4) is 0 Å². The maximum absolute atomic E-state index is 13.1. The highest BCUT2D eigenvalue weighted by Gasteiger charge is 2.23. The van der Waals surface area contributed by atoms with E-state index in [1.165, 1.54) is 12.0 Å². The van der Waals surface area contributed by atoms with Gasteiger partial charge in [-0.15, -0.1) is 0 Å². The Bertz CT molecular complexity index is 335. The predicted octanol–water partition coefficient (Wildman–Crippen LogP) is 2.77. The Kier molecular flexibility index (Phi) is 2.55. The lowest BCUT2D eigenvalue weighted by molar-refractivity contribution is 0.502. The van der Waals surface area contributed by atoms with Gasteiger partial charge < -0.3 is 5.73 Å². The van der Waals surface area contributed by atoms with Gasteiger partial charge in [0.05, 0.1) is 0 Å². The second-order valence-electron chi connectivity index (χ2n) is 4.18. The molecule has 0 aromatic heterocycles. The third-order valence-electron chi connectivity index (χ3n) is 3.25. The molecule has 2 unspecified atom stereocenters. The van der Waals surface area contributed by atoms with Crippen LogP contribution in [0.4, 0.5) is 4.39 Å². The molecular formula is C12H16FN. The fraction of sp³-hybridized carbons (Fsp3) is 0.500. The molecule has 1 aliphatic carbocycles. The Balaban J connectivity index is 2.46. The predicted molar refractivity (Wildman–Crippen MR) is 55.8 cm³/mol. The molecule has 0 aliphatic heterocycles. The van der Waals surface area contributed by atoms with Gasteiger partial charge >= 0.3 is 0 Å². The van der Waals surface area contributed by atoms with Gasteiger partial charge in [0, 0.05) is 0 Å². The van der Waals surface area contributed by atoms with E-state index in [4.69, 9.17) is 5.73 Å². The zero-order valence-electron chi connectivity index (χ0n) is 8.46. The van der Waals surface area contributed by atoms with Gasteiger partial charge in [-0.3, -0.25) is 0 Å². The van der Waals surface area contributed by atoms with E-state index in [0.29, 0.717) is 18.4 Å². The van der Waals surface area contributed by atoms with E-state index in [-0.39, 0.29) is 5.82 Å². The topological polar surface area (TPSA) is 26.0 Å². The number of hydrogen-bond acceptors (Lipinski definition) is 1.